The molecular weight excluding hydrogens is 420 g/mol. The molecular formula is C21H19BrN4O2. The van der Waals surface area contributed by atoms with Crippen molar-refractivity contribution in [3.05, 3.63) is 58.8 Å². The molecule has 28 heavy (non-hydrogen) atoms. The van der Waals surface area contributed by atoms with Gasteiger partial charge in [0.1, 0.15) is 5.82 Å². The lowest BCUT2D eigenvalue weighted by Crippen LogP contribution is -2.51. The summed E-state index contributed by atoms with van der Waals surface area (Å²) in [5.41, 5.74) is 2.81. The Kier molecular flexibility index (Phi) is 4.19. The molecule has 1 unspecified atom stereocenters. The third-order valence-corrected chi connectivity index (χ3v) is 6.08. The zero-order valence-electron chi connectivity index (χ0n) is 15.1. The standard InChI is InChI=1S/C21H19BrN4O2/c22-15-4-3-5-16(9-15)26-12-13(8-19(26)27)21(28)25-10-14(11-25)20-23-17-6-1-2-7-18(17)24-20/h1-7,9,13-14H,8,10-12H2,(H,23,24). The Balaban J connectivity index is 1.24. The predicted molar refractivity (Wildman–Crippen MR) is 110 cm³/mol. The second-order valence-corrected chi connectivity index (χ2v) is 8.38. The van der Waals surface area contributed by atoms with Gasteiger partial charge in [-0.2, -0.15) is 0 Å². The van der Waals surface area contributed by atoms with E-state index in [2.05, 4.69) is 25.9 Å². The van der Waals surface area contributed by atoms with Crippen molar-refractivity contribution < 1.29 is 9.59 Å². The van der Waals surface area contributed by atoms with Gasteiger partial charge in [0.05, 0.1) is 22.9 Å². The number of hydrogen-bond donors (Lipinski definition) is 1. The molecule has 2 aliphatic rings. The summed E-state index contributed by atoms with van der Waals surface area (Å²) < 4.78 is 0.920. The number of halogens is 1. The van der Waals surface area contributed by atoms with Crippen LogP contribution in [0.5, 0.6) is 0 Å². The number of carbonyl (C=O) groups excluding carboxylic acids is 2. The highest BCUT2D eigenvalue weighted by Gasteiger charge is 2.41. The summed E-state index contributed by atoms with van der Waals surface area (Å²) in [6.45, 7) is 1.75. The number of rotatable bonds is 3. The van der Waals surface area contributed by atoms with Gasteiger partial charge in [0.2, 0.25) is 11.8 Å². The molecule has 2 amide bonds. The monoisotopic (exact) mass is 438 g/mol. The number of amides is 2. The van der Waals surface area contributed by atoms with Crippen molar-refractivity contribution in [1.82, 2.24) is 14.9 Å². The van der Waals surface area contributed by atoms with Crippen LogP contribution in [0.2, 0.25) is 0 Å². The van der Waals surface area contributed by atoms with Crippen LogP contribution < -0.4 is 4.90 Å². The van der Waals surface area contributed by atoms with E-state index in [1.54, 1.807) is 4.90 Å². The minimum absolute atomic E-state index is 0.00538. The zero-order valence-corrected chi connectivity index (χ0v) is 16.7. The summed E-state index contributed by atoms with van der Waals surface area (Å²) in [6, 6.07) is 15.6. The molecule has 1 aromatic heterocycles. The van der Waals surface area contributed by atoms with Gasteiger partial charge >= 0.3 is 0 Å². The molecule has 1 N–H and O–H groups in total. The fourth-order valence-corrected chi connectivity index (χ4v) is 4.41. The van der Waals surface area contributed by atoms with Crippen molar-refractivity contribution in [2.75, 3.05) is 24.5 Å². The molecule has 3 heterocycles. The molecule has 0 radical (unpaired) electrons. The molecule has 0 spiro atoms. The number of benzene rings is 2. The highest BCUT2D eigenvalue weighted by molar-refractivity contribution is 9.10. The first-order valence-electron chi connectivity index (χ1n) is 9.38. The highest BCUT2D eigenvalue weighted by Crippen LogP contribution is 2.32. The molecule has 3 aromatic rings. The average Bonchev–Trinajstić information content (AvgIpc) is 3.23. The molecule has 7 heteroatoms. The van der Waals surface area contributed by atoms with Crippen LogP contribution in [-0.2, 0) is 9.59 Å². The first-order chi connectivity index (χ1) is 13.6. The second kappa shape index (κ2) is 6.74. The van der Waals surface area contributed by atoms with Gasteiger partial charge in [0.25, 0.3) is 0 Å². The van der Waals surface area contributed by atoms with Crippen molar-refractivity contribution >= 4 is 44.5 Å². The van der Waals surface area contributed by atoms with Crippen LogP contribution in [0.15, 0.2) is 53.0 Å². The first kappa shape index (κ1) is 17.4. The van der Waals surface area contributed by atoms with E-state index in [1.165, 1.54) is 0 Å². The van der Waals surface area contributed by atoms with Crippen molar-refractivity contribution in [2.45, 2.75) is 12.3 Å². The topological polar surface area (TPSA) is 69.3 Å². The minimum atomic E-state index is -0.275. The van der Waals surface area contributed by atoms with Gasteiger partial charge in [-0.25, -0.2) is 4.98 Å². The number of likely N-dealkylation sites (tertiary alicyclic amines) is 1. The van der Waals surface area contributed by atoms with Crippen LogP contribution in [0.25, 0.3) is 11.0 Å². The van der Waals surface area contributed by atoms with Crippen molar-refractivity contribution in [2.24, 2.45) is 5.92 Å². The smallest absolute Gasteiger partial charge is 0.228 e. The summed E-state index contributed by atoms with van der Waals surface area (Å²) >= 11 is 3.44. The summed E-state index contributed by atoms with van der Waals surface area (Å²) in [6.07, 6.45) is 0.275. The largest absolute Gasteiger partial charge is 0.342 e. The number of imidazole rings is 1. The quantitative estimate of drug-likeness (QED) is 0.681. The molecule has 0 bridgehead atoms. The van der Waals surface area contributed by atoms with Crippen LogP contribution in [0, 0.1) is 5.92 Å². The number of anilines is 1. The van der Waals surface area contributed by atoms with Crippen molar-refractivity contribution in [1.29, 1.82) is 0 Å². The molecule has 2 aliphatic heterocycles. The van der Waals surface area contributed by atoms with Gasteiger partial charge in [-0.15, -0.1) is 0 Å². The van der Waals surface area contributed by atoms with Gasteiger partial charge in [0, 0.05) is 36.2 Å². The van der Waals surface area contributed by atoms with E-state index in [0.717, 1.165) is 27.0 Å². The Hall–Kier alpha value is -2.67. The fourth-order valence-electron chi connectivity index (χ4n) is 4.02. The molecule has 2 saturated heterocycles. The number of H-pyrrole nitrogens is 1. The van der Waals surface area contributed by atoms with Crippen molar-refractivity contribution in [3.63, 3.8) is 0 Å². The molecule has 2 fully saturated rings. The SMILES string of the molecule is O=C(C1CC(=O)N(c2cccc(Br)c2)C1)N1CC(c2nc3ccccc3[nH]2)C1. The van der Waals surface area contributed by atoms with Gasteiger partial charge < -0.3 is 14.8 Å². The van der Waals surface area contributed by atoms with Crippen LogP contribution >= 0.6 is 15.9 Å². The lowest BCUT2D eigenvalue weighted by atomic mass is 9.96. The summed E-state index contributed by atoms with van der Waals surface area (Å²) in [4.78, 5) is 36.9. The molecule has 142 valence electrons. The average molecular weight is 439 g/mol. The molecule has 1 atom stereocenters. The maximum absolute atomic E-state index is 12.9. The van der Waals surface area contributed by atoms with Gasteiger partial charge in [-0.05, 0) is 30.3 Å². The minimum Gasteiger partial charge on any atom is -0.342 e. The summed E-state index contributed by atoms with van der Waals surface area (Å²) in [5.74, 6) is 0.963. The predicted octanol–water partition coefficient (Wildman–Crippen LogP) is 3.30. The van der Waals surface area contributed by atoms with E-state index < -0.39 is 0 Å². The van der Waals surface area contributed by atoms with Crippen LogP contribution in [0.3, 0.4) is 0 Å². The Morgan fingerprint density at radius 1 is 1.11 bits per heavy atom. The third kappa shape index (κ3) is 2.99. The Bertz CT molecular complexity index is 1040. The molecule has 2 aromatic carbocycles. The number of hydrogen-bond acceptors (Lipinski definition) is 3. The lowest BCUT2D eigenvalue weighted by molar-refractivity contribution is -0.140. The zero-order chi connectivity index (χ0) is 19.3. The number of para-hydroxylation sites is 2. The Labute approximate surface area is 170 Å². The molecule has 0 aliphatic carbocycles. The van der Waals surface area contributed by atoms with Crippen LogP contribution in [0.1, 0.15) is 18.2 Å². The number of carbonyl (C=O) groups is 2. The van der Waals surface area contributed by atoms with E-state index in [1.807, 2.05) is 53.4 Å². The Morgan fingerprint density at radius 2 is 1.93 bits per heavy atom. The maximum Gasteiger partial charge on any atom is 0.228 e. The third-order valence-electron chi connectivity index (χ3n) is 5.58. The van der Waals surface area contributed by atoms with E-state index in [0.29, 0.717) is 19.6 Å². The van der Waals surface area contributed by atoms with Crippen LogP contribution in [0.4, 0.5) is 5.69 Å². The summed E-state index contributed by atoms with van der Waals surface area (Å²) in [7, 11) is 0. The fraction of sp³-hybridized carbons (Fsp3) is 0.286. The second-order valence-electron chi connectivity index (χ2n) is 7.46. The Morgan fingerprint density at radius 3 is 2.71 bits per heavy atom. The number of nitrogens with zero attached hydrogens (tertiary/aromatic N) is 3. The van der Waals surface area contributed by atoms with Gasteiger partial charge in [-0.1, -0.05) is 34.1 Å². The number of fused-ring (bicyclic) bond motifs is 1. The van der Waals surface area contributed by atoms with E-state index >= 15 is 0 Å². The normalized spacial score (nSPS) is 20.0. The number of nitrogens with one attached hydrogen (secondary N) is 1. The van der Waals surface area contributed by atoms with E-state index in [9.17, 15) is 9.59 Å². The van der Waals surface area contributed by atoms with Crippen LogP contribution in [-0.4, -0.2) is 46.3 Å². The van der Waals surface area contributed by atoms with Crippen molar-refractivity contribution in [3.8, 4) is 0 Å². The summed E-state index contributed by atoms with van der Waals surface area (Å²) in [5, 5.41) is 0. The molecule has 6 nitrogen and oxygen atoms in total. The molecule has 5 rings (SSSR count). The van der Waals surface area contributed by atoms with E-state index in [-0.39, 0.29) is 30.1 Å². The maximum atomic E-state index is 12.9. The number of aromatic nitrogens is 2. The molecule has 0 saturated carbocycles. The first-order valence-corrected chi connectivity index (χ1v) is 10.2. The van der Waals surface area contributed by atoms with Gasteiger partial charge in [-0.3, -0.25) is 9.59 Å². The highest BCUT2D eigenvalue weighted by atomic mass is 79.9. The van der Waals surface area contributed by atoms with Gasteiger partial charge in [0.15, 0.2) is 0 Å². The van der Waals surface area contributed by atoms with E-state index in [4.69, 9.17) is 0 Å². The number of aromatic amines is 1. The lowest BCUT2D eigenvalue weighted by Gasteiger charge is -2.39.